The van der Waals surface area contributed by atoms with Crippen molar-refractivity contribution in [2.24, 2.45) is 0 Å². The molecule has 1 aliphatic rings. The summed E-state index contributed by atoms with van der Waals surface area (Å²) in [5.41, 5.74) is 3.17. The molecule has 1 heterocycles. The Labute approximate surface area is 103 Å². The van der Waals surface area contributed by atoms with Gasteiger partial charge in [0.2, 0.25) is 0 Å². The Balaban J connectivity index is 2.50. The fourth-order valence-electron chi connectivity index (χ4n) is 3.39. The van der Waals surface area contributed by atoms with Crippen molar-refractivity contribution in [3.8, 4) is 0 Å². The Hall–Kier alpha value is -1.34. The zero-order valence-corrected chi connectivity index (χ0v) is 11.1. The first-order valence-electron chi connectivity index (χ1n) is 6.39. The highest BCUT2D eigenvalue weighted by Gasteiger charge is 2.50. The molecule has 2 aromatic carbocycles. The molecule has 0 saturated carbocycles. The maximum atomic E-state index is 2.39. The summed E-state index contributed by atoms with van der Waals surface area (Å²) < 4.78 is 0.959. The standard InChI is InChI=1S/C16H20N/c1-5-16(2)13-10-6-8-12-9-7-11-14(15(12)13)17(16,3)4/h6-11H,5H2,1-4H3/q+1. The van der Waals surface area contributed by atoms with Gasteiger partial charge in [0.15, 0.2) is 0 Å². The van der Waals surface area contributed by atoms with Crippen molar-refractivity contribution >= 4 is 16.5 Å². The second kappa shape index (κ2) is 3.11. The average molecular weight is 226 g/mol. The van der Waals surface area contributed by atoms with Crippen LogP contribution >= 0.6 is 0 Å². The molecule has 0 saturated heterocycles. The summed E-state index contributed by atoms with van der Waals surface area (Å²) in [6.45, 7) is 4.69. The van der Waals surface area contributed by atoms with Gasteiger partial charge < -0.3 is 0 Å². The number of hydrogen-bond acceptors (Lipinski definition) is 0. The predicted octanol–water partition coefficient (Wildman–Crippen LogP) is 4.05. The number of nitrogens with zero attached hydrogens (tertiary/aromatic N) is 1. The minimum Gasteiger partial charge on any atom is -0.287 e. The van der Waals surface area contributed by atoms with Crippen LogP contribution in [-0.4, -0.2) is 14.1 Å². The molecule has 0 aromatic heterocycles. The van der Waals surface area contributed by atoms with Crippen LogP contribution in [-0.2, 0) is 5.54 Å². The Bertz CT molecular complexity index is 592. The number of quaternary nitrogens is 1. The van der Waals surface area contributed by atoms with Gasteiger partial charge in [-0.3, -0.25) is 4.48 Å². The Morgan fingerprint density at radius 1 is 1.06 bits per heavy atom. The van der Waals surface area contributed by atoms with Crippen LogP contribution in [0.1, 0.15) is 25.8 Å². The van der Waals surface area contributed by atoms with E-state index < -0.39 is 0 Å². The summed E-state index contributed by atoms with van der Waals surface area (Å²) in [6.07, 6.45) is 1.16. The molecule has 1 nitrogen and oxygen atoms in total. The molecule has 1 aliphatic heterocycles. The molecular formula is C16H20N+. The van der Waals surface area contributed by atoms with Crippen molar-refractivity contribution in [2.45, 2.75) is 25.8 Å². The Morgan fingerprint density at radius 3 is 2.35 bits per heavy atom. The van der Waals surface area contributed by atoms with Crippen LogP contribution in [0.15, 0.2) is 36.4 Å². The summed E-state index contributed by atoms with van der Waals surface area (Å²) >= 11 is 0. The molecule has 2 aromatic rings. The third-order valence-corrected chi connectivity index (χ3v) is 4.99. The molecule has 0 fully saturated rings. The summed E-state index contributed by atoms with van der Waals surface area (Å²) in [4.78, 5) is 0. The number of rotatable bonds is 1. The van der Waals surface area contributed by atoms with Gasteiger partial charge in [-0.15, -0.1) is 0 Å². The third kappa shape index (κ3) is 1.08. The van der Waals surface area contributed by atoms with Crippen molar-refractivity contribution < 1.29 is 0 Å². The van der Waals surface area contributed by atoms with E-state index in [1.165, 1.54) is 22.0 Å². The van der Waals surface area contributed by atoms with E-state index in [0.29, 0.717) is 0 Å². The van der Waals surface area contributed by atoms with E-state index >= 15 is 0 Å². The molecule has 1 heteroatoms. The predicted molar refractivity (Wildman–Crippen MR) is 75.2 cm³/mol. The topological polar surface area (TPSA) is 0 Å². The van der Waals surface area contributed by atoms with Crippen LogP contribution in [0.2, 0.25) is 0 Å². The van der Waals surface area contributed by atoms with Gasteiger partial charge >= 0.3 is 0 Å². The van der Waals surface area contributed by atoms with Crippen LogP contribution in [0, 0.1) is 0 Å². The van der Waals surface area contributed by atoms with Crippen molar-refractivity contribution in [1.29, 1.82) is 0 Å². The summed E-state index contributed by atoms with van der Waals surface area (Å²) in [5, 5.41) is 2.85. The first-order valence-corrected chi connectivity index (χ1v) is 6.39. The monoisotopic (exact) mass is 226 g/mol. The third-order valence-electron chi connectivity index (χ3n) is 4.99. The lowest BCUT2D eigenvalue weighted by Gasteiger charge is -2.41. The lowest BCUT2D eigenvalue weighted by molar-refractivity contribution is 0.184. The van der Waals surface area contributed by atoms with Crippen molar-refractivity contribution in [3.63, 3.8) is 0 Å². The lowest BCUT2D eigenvalue weighted by Crippen LogP contribution is -2.53. The van der Waals surface area contributed by atoms with E-state index in [4.69, 9.17) is 0 Å². The second-order valence-electron chi connectivity index (χ2n) is 5.76. The smallest absolute Gasteiger partial charge is 0.141 e. The van der Waals surface area contributed by atoms with Crippen LogP contribution in [0.4, 0.5) is 5.69 Å². The molecular weight excluding hydrogens is 206 g/mol. The van der Waals surface area contributed by atoms with Gasteiger partial charge in [-0.1, -0.05) is 37.3 Å². The van der Waals surface area contributed by atoms with E-state index in [1.54, 1.807) is 0 Å². The maximum absolute atomic E-state index is 2.39. The van der Waals surface area contributed by atoms with Gasteiger partial charge in [-0.25, -0.2) is 0 Å². The van der Waals surface area contributed by atoms with Crippen LogP contribution in [0.5, 0.6) is 0 Å². The highest BCUT2D eigenvalue weighted by atomic mass is 15.4. The molecule has 0 aliphatic carbocycles. The van der Waals surface area contributed by atoms with E-state index in [9.17, 15) is 0 Å². The molecule has 0 amide bonds. The minimum absolute atomic E-state index is 0.198. The fraction of sp³-hybridized carbons (Fsp3) is 0.375. The van der Waals surface area contributed by atoms with Crippen molar-refractivity contribution in [1.82, 2.24) is 4.48 Å². The first kappa shape index (κ1) is 10.8. The Kier molecular flexibility index (Phi) is 1.97. The maximum Gasteiger partial charge on any atom is 0.141 e. The summed E-state index contributed by atoms with van der Waals surface area (Å²) in [5.74, 6) is 0. The number of benzene rings is 2. The number of hydrogen-bond donors (Lipinski definition) is 0. The highest BCUT2D eigenvalue weighted by Crippen LogP contribution is 2.52. The quantitative estimate of drug-likeness (QED) is 0.644. The molecule has 3 rings (SSSR count). The Morgan fingerprint density at radius 2 is 1.71 bits per heavy atom. The molecule has 0 radical (unpaired) electrons. The molecule has 0 bridgehead atoms. The van der Waals surface area contributed by atoms with E-state index in [0.717, 1.165) is 10.9 Å². The molecule has 0 N–H and O–H groups in total. The van der Waals surface area contributed by atoms with Crippen LogP contribution in [0.25, 0.3) is 10.8 Å². The largest absolute Gasteiger partial charge is 0.287 e. The van der Waals surface area contributed by atoms with Gasteiger partial charge in [0.25, 0.3) is 0 Å². The zero-order valence-electron chi connectivity index (χ0n) is 11.1. The molecule has 17 heavy (non-hydrogen) atoms. The summed E-state index contributed by atoms with van der Waals surface area (Å²) in [7, 11) is 4.66. The molecule has 88 valence electrons. The molecule has 1 atom stereocenters. The van der Waals surface area contributed by atoms with Crippen LogP contribution < -0.4 is 4.48 Å². The lowest BCUT2D eigenvalue weighted by atomic mass is 9.87. The van der Waals surface area contributed by atoms with E-state index in [1.807, 2.05) is 0 Å². The SMILES string of the molecule is CCC1(C)c2cccc3cccc(c23)[N+]1(C)C. The molecule has 1 unspecified atom stereocenters. The average Bonchev–Trinajstić information content (AvgIpc) is 2.51. The first-order chi connectivity index (χ1) is 8.02. The van der Waals surface area contributed by atoms with E-state index in [2.05, 4.69) is 64.3 Å². The van der Waals surface area contributed by atoms with Gasteiger partial charge in [-0.2, -0.15) is 0 Å². The van der Waals surface area contributed by atoms with Gasteiger partial charge in [0.05, 0.1) is 19.5 Å². The van der Waals surface area contributed by atoms with E-state index in [-0.39, 0.29) is 5.54 Å². The molecule has 0 spiro atoms. The second-order valence-corrected chi connectivity index (χ2v) is 5.76. The van der Waals surface area contributed by atoms with Crippen molar-refractivity contribution in [3.05, 3.63) is 42.0 Å². The highest BCUT2D eigenvalue weighted by molar-refractivity contribution is 5.99. The van der Waals surface area contributed by atoms with Crippen molar-refractivity contribution in [2.75, 3.05) is 14.1 Å². The fourth-order valence-corrected chi connectivity index (χ4v) is 3.39. The van der Waals surface area contributed by atoms with Gasteiger partial charge in [-0.05, 0) is 18.4 Å². The normalized spacial score (nSPS) is 25.4. The zero-order chi connectivity index (χ0) is 12.3. The van der Waals surface area contributed by atoms with Crippen LogP contribution in [0.3, 0.4) is 0 Å². The van der Waals surface area contributed by atoms with Gasteiger partial charge in [0.1, 0.15) is 11.2 Å². The minimum atomic E-state index is 0.198. The van der Waals surface area contributed by atoms with Gasteiger partial charge in [0, 0.05) is 12.0 Å². The summed E-state index contributed by atoms with van der Waals surface area (Å²) in [6, 6.07) is 13.4.